The molecular formula is C17H20N4O3. The minimum absolute atomic E-state index is 0.0290. The number of amides is 1. The predicted octanol–water partition coefficient (Wildman–Crippen LogP) is 2.42. The van der Waals surface area contributed by atoms with Crippen molar-refractivity contribution in [3.63, 3.8) is 0 Å². The number of rotatable bonds is 7. The van der Waals surface area contributed by atoms with Gasteiger partial charge in [0.2, 0.25) is 5.91 Å². The monoisotopic (exact) mass is 328 g/mol. The van der Waals surface area contributed by atoms with Crippen LogP contribution in [0.2, 0.25) is 0 Å². The Hall–Kier alpha value is -2.83. The highest BCUT2D eigenvalue weighted by molar-refractivity contribution is 5.76. The van der Waals surface area contributed by atoms with Crippen LogP contribution in [-0.4, -0.2) is 27.4 Å². The maximum Gasteiger partial charge on any atom is 0.220 e. The summed E-state index contributed by atoms with van der Waals surface area (Å²) in [6.07, 6.45) is 6.16. The first-order chi connectivity index (χ1) is 11.6. The van der Waals surface area contributed by atoms with Crippen molar-refractivity contribution in [2.75, 3.05) is 6.54 Å². The van der Waals surface area contributed by atoms with Crippen LogP contribution in [0, 0.1) is 13.8 Å². The minimum Gasteiger partial charge on any atom is -0.467 e. The van der Waals surface area contributed by atoms with Crippen LogP contribution in [0.25, 0.3) is 0 Å². The van der Waals surface area contributed by atoms with Crippen molar-refractivity contribution >= 4 is 5.91 Å². The molecule has 3 rings (SSSR count). The van der Waals surface area contributed by atoms with Crippen LogP contribution in [0.5, 0.6) is 0 Å². The molecule has 0 bridgehead atoms. The van der Waals surface area contributed by atoms with Crippen LogP contribution in [0.15, 0.2) is 45.8 Å². The summed E-state index contributed by atoms with van der Waals surface area (Å²) in [5.74, 6) is 1.49. The van der Waals surface area contributed by atoms with E-state index in [1.165, 1.54) is 0 Å². The van der Waals surface area contributed by atoms with Crippen LogP contribution >= 0.6 is 0 Å². The largest absolute Gasteiger partial charge is 0.467 e. The van der Waals surface area contributed by atoms with Gasteiger partial charge in [-0.3, -0.25) is 9.48 Å². The third-order valence-electron chi connectivity index (χ3n) is 3.99. The van der Waals surface area contributed by atoms with Crippen LogP contribution in [0.3, 0.4) is 0 Å². The van der Waals surface area contributed by atoms with E-state index in [0.29, 0.717) is 19.4 Å². The van der Waals surface area contributed by atoms with E-state index in [-0.39, 0.29) is 11.9 Å². The van der Waals surface area contributed by atoms with Gasteiger partial charge in [-0.15, -0.1) is 0 Å². The fraction of sp³-hybridized carbons (Fsp3) is 0.353. The van der Waals surface area contributed by atoms with Gasteiger partial charge in [-0.05, 0) is 38.5 Å². The molecule has 0 aromatic carbocycles. The number of carbonyl (C=O) groups excluding carboxylic acids is 1. The number of nitrogens with one attached hydrogen (secondary N) is 1. The van der Waals surface area contributed by atoms with E-state index in [1.807, 2.05) is 38.2 Å². The van der Waals surface area contributed by atoms with Gasteiger partial charge in [0.05, 0.1) is 12.0 Å². The normalized spacial score (nSPS) is 12.2. The van der Waals surface area contributed by atoms with E-state index in [0.717, 1.165) is 22.8 Å². The molecule has 7 heteroatoms. The number of hydrogen-bond donors (Lipinski definition) is 1. The third kappa shape index (κ3) is 3.56. The van der Waals surface area contributed by atoms with E-state index in [2.05, 4.69) is 15.6 Å². The highest BCUT2D eigenvalue weighted by Crippen LogP contribution is 2.18. The summed E-state index contributed by atoms with van der Waals surface area (Å²) >= 11 is 0. The number of aromatic nitrogens is 3. The Labute approximate surface area is 139 Å². The van der Waals surface area contributed by atoms with Gasteiger partial charge in [0, 0.05) is 30.9 Å². The first kappa shape index (κ1) is 16.0. The Morgan fingerprint density at radius 1 is 1.38 bits per heavy atom. The van der Waals surface area contributed by atoms with Gasteiger partial charge in [0.25, 0.3) is 0 Å². The van der Waals surface area contributed by atoms with Gasteiger partial charge in [-0.2, -0.15) is 5.10 Å². The van der Waals surface area contributed by atoms with Crippen molar-refractivity contribution in [2.24, 2.45) is 0 Å². The lowest BCUT2D eigenvalue weighted by atomic mass is 10.1. The zero-order valence-corrected chi connectivity index (χ0v) is 13.7. The van der Waals surface area contributed by atoms with Crippen molar-refractivity contribution in [3.8, 4) is 0 Å². The van der Waals surface area contributed by atoms with Gasteiger partial charge >= 0.3 is 0 Å². The van der Waals surface area contributed by atoms with Crippen molar-refractivity contribution < 1.29 is 13.7 Å². The Morgan fingerprint density at radius 2 is 2.25 bits per heavy atom. The smallest absolute Gasteiger partial charge is 0.220 e. The molecule has 0 aliphatic heterocycles. The third-order valence-corrected chi connectivity index (χ3v) is 3.99. The van der Waals surface area contributed by atoms with Crippen LogP contribution in [-0.2, 0) is 11.2 Å². The second-order valence-electron chi connectivity index (χ2n) is 5.62. The molecule has 3 aromatic heterocycles. The van der Waals surface area contributed by atoms with Gasteiger partial charge in [-0.25, -0.2) is 0 Å². The summed E-state index contributed by atoms with van der Waals surface area (Å²) in [4.78, 5) is 12.2. The maximum absolute atomic E-state index is 12.2. The van der Waals surface area contributed by atoms with E-state index >= 15 is 0 Å². The lowest BCUT2D eigenvalue weighted by Gasteiger charge is -2.16. The van der Waals surface area contributed by atoms with Gasteiger partial charge in [0.1, 0.15) is 17.6 Å². The fourth-order valence-electron chi connectivity index (χ4n) is 2.67. The minimum atomic E-state index is -0.169. The lowest BCUT2D eigenvalue weighted by Crippen LogP contribution is -2.31. The Kier molecular flexibility index (Phi) is 4.79. The predicted molar refractivity (Wildman–Crippen MR) is 86.4 cm³/mol. The highest BCUT2D eigenvalue weighted by Gasteiger charge is 2.18. The number of aryl methyl sites for hydroxylation is 2. The maximum atomic E-state index is 12.2. The van der Waals surface area contributed by atoms with Crippen LogP contribution in [0.1, 0.15) is 35.2 Å². The summed E-state index contributed by atoms with van der Waals surface area (Å²) in [5.41, 5.74) is 1.84. The Balaban J connectivity index is 1.58. The van der Waals surface area contributed by atoms with Crippen LogP contribution in [0.4, 0.5) is 0 Å². The van der Waals surface area contributed by atoms with E-state index in [1.54, 1.807) is 17.1 Å². The zero-order chi connectivity index (χ0) is 16.9. The molecule has 0 unspecified atom stereocenters. The molecule has 126 valence electrons. The number of furan rings is 1. The SMILES string of the molecule is Cc1noc(C)c1CCC(=O)NC[C@@H](c1ccco1)n1cccn1. The number of carbonyl (C=O) groups is 1. The van der Waals surface area contributed by atoms with Crippen LogP contribution < -0.4 is 5.32 Å². The summed E-state index contributed by atoms with van der Waals surface area (Å²) in [5, 5.41) is 11.1. The van der Waals surface area contributed by atoms with Gasteiger partial charge < -0.3 is 14.3 Å². The summed E-state index contributed by atoms with van der Waals surface area (Å²) in [7, 11) is 0. The molecule has 1 atom stereocenters. The fourth-order valence-corrected chi connectivity index (χ4v) is 2.67. The molecule has 3 heterocycles. The molecule has 0 aliphatic carbocycles. The second-order valence-corrected chi connectivity index (χ2v) is 5.62. The molecule has 0 radical (unpaired) electrons. The topological polar surface area (TPSA) is 86.1 Å². The second kappa shape index (κ2) is 7.16. The molecule has 1 N–H and O–H groups in total. The summed E-state index contributed by atoms with van der Waals surface area (Å²) in [6.45, 7) is 4.15. The molecule has 0 aliphatic rings. The molecule has 0 saturated carbocycles. The quantitative estimate of drug-likeness (QED) is 0.720. The summed E-state index contributed by atoms with van der Waals surface area (Å²) < 4.78 is 12.4. The molecule has 0 saturated heterocycles. The standard InChI is InChI=1S/C17H20N4O3/c1-12-14(13(2)24-20-12)6-7-17(22)18-11-15(16-5-3-10-23-16)21-9-4-8-19-21/h3-5,8-10,15H,6-7,11H2,1-2H3,(H,18,22)/t15-/m0/s1. The lowest BCUT2D eigenvalue weighted by molar-refractivity contribution is -0.121. The zero-order valence-electron chi connectivity index (χ0n) is 13.7. The number of nitrogens with zero attached hydrogens (tertiary/aromatic N) is 3. The summed E-state index contributed by atoms with van der Waals surface area (Å²) in [6, 6.07) is 5.38. The van der Waals surface area contributed by atoms with E-state index in [4.69, 9.17) is 8.94 Å². The molecule has 0 fully saturated rings. The first-order valence-corrected chi connectivity index (χ1v) is 7.86. The molecule has 7 nitrogen and oxygen atoms in total. The Morgan fingerprint density at radius 3 is 2.88 bits per heavy atom. The van der Waals surface area contributed by atoms with Gasteiger partial charge in [0.15, 0.2) is 0 Å². The molecule has 0 spiro atoms. The van der Waals surface area contributed by atoms with E-state index in [9.17, 15) is 4.79 Å². The van der Waals surface area contributed by atoms with Crippen molar-refractivity contribution in [1.82, 2.24) is 20.3 Å². The van der Waals surface area contributed by atoms with Crippen molar-refractivity contribution in [3.05, 3.63) is 59.6 Å². The average Bonchev–Trinajstić information content (AvgIpc) is 3.31. The molecule has 1 amide bonds. The number of hydrogen-bond acceptors (Lipinski definition) is 5. The van der Waals surface area contributed by atoms with Crippen molar-refractivity contribution in [2.45, 2.75) is 32.7 Å². The highest BCUT2D eigenvalue weighted by atomic mass is 16.5. The molecular weight excluding hydrogens is 308 g/mol. The molecule has 24 heavy (non-hydrogen) atoms. The molecule has 3 aromatic rings. The van der Waals surface area contributed by atoms with Gasteiger partial charge in [-0.1, -0.05) is 5.16 Å². The van der Waals surface area contributed by atoms with E-state index < -0.39 is 0 Å². The first-order valence-electron chi connectivity index (χ1n) is 7.86. The average molecular weight is 328 g/mol. The Bertz CT molecular complexity index is 721. The van der Waals surface area contributed by atoms with Crippen molar-refractivity contribution in [1.29, 1.82) is 0 Å².